The molecule has 2 aromatic carbocycles. The van der Waals surface area contributed by atoms with Crippen molar-refractivity contribution in [3.8, 4) is 11.5 Å². The Kier molecular flexibility index (Phi) is 6.83. The molecule has 2 N–H and O–H groups in total. The molecular weight excluding hydrogens is 464 g/mol. The Morgan fingerprint density at radius 2 is 1.96 bits per heavy atom. The van der Waals surface area contributed by atoms with Crippen molar-refractivity contribution in [2.75, 3.05) is 6.61 Å². The average molecular weight is 484 g/mol. The topological polar surface area (TPSA) is 70.9 Å². The second-order valence-electron chi connectivity index (χ2n) is 6.68. The number of phenolic OH excluding ortho intramolecular Hbond substituents is 1. The molecule has 2 aromatic rings. The first-order chi connectivity index (χ1) is 12.2. The zero-order chi connectivity index (χ0) is 19.3. The van der Waals surface area contributed by atoms with E-state index < -0.39 is 5.91 Å². The summed E-state index contributed by atoms with van der Waals surface area (Å²) in [5.41, 5.74) is 4.05. The van der Waals surface area contributed by atoms with Gasteiger partial charge in [0.05, 0.1) is 10.7 Å². The third-order valence-corrected chi connectivity index (χ3v) is 4.65. The van der Waals surface area contributed by atoms with E-state index in [0.29, 0.717) is 11.3 Å². The van der Waals surface area contributed by atoms with Crippen molar-refractivity contribution >= 4 is 44.0 Å². The summed E-state index contributed by atoms with van der Waals surface area (Å²) < 4.78 is 7.11. The highest BCUT2D eigenvalue weighted by molar-refractivity contribution is 9.10. The van der Waals surface area contributed by atoms with Crippen LogP contribution in [0.4, 0.5) is 0 Å². The Balaban J connectivity index is 1.91. The van der Waals surface area contributed by atoms with Crippen LogP contribution in [0.1, 0.15) is 31.9 Å². The van der Waals surface area contributed by atoms with Gasteiger partial charge in [-0.1, -0.05) is 42.8 Å². The maximum absolute atomic E-state index is 11.9. The summed E-state index contributed by atoms with van der Waals surface area (Å²) >= 11 is 6.78. The Bertz CT molecular complexity index is 830. The van der Waals surface area contributed by atoms with Crippen LogP contribution in [0.25, 0.3) is 0 Å². The first-order valence-electron chi connectivity index (χ1n) is 7.90. The molecule has 5 nitrogen and oxygen atoms in total. The number of amides is 1. The molecule has 0 unspecified atom stereocenters. The van der Waals surface area contributed by atoms with Crippen molar-refractivity contribution in [3.05, 3.63) is 56.5 Å². The number of nitrogens with one attached hydrogen (secondary N) is 1. The SMILES string of the molecule is CC(C)(C)c1ccc(OCC(=O)N/N=C/c2cc(Br)ccc2O)c(Br)c1. The third kappa shape index (κ3) is 5.85. The summed E-state index contributed by atoms with van der Waals surface area (Å²) in [6.07, 6.45) is 1.37. The molecular formula is C19H20Br2N2O3. The van der Waals surface area contributed by atoms with Crippen molar-refractivity contribution in [2.45, 2.75) is 26.2 Å². The number of hydrogen-bond donors (Lipinski definition) is 2. The normalized spacial score (nSPS) is 11.6. The molecule has 0 fully saturated rings. The van der Waals surface area contributed by atoms with Gasteiger partial charge in [0, 0.05) is 10.0 Å². The molecule has 0 bridgehead atoms. The molecule has 138 valence electrons. The molecule has 0 spiro atoms. The van der Waals surface area contributed by atoms with Gasteiger partial charge in [-0.3, -0.25) is 4.79 Å². The molecule has 0 aromatic heterocycles. The maximum atomic E-state index is 11.9. The number of aromatic hydroxyl groups is 1. The summed E-state index contributed by atoms with van der Waals surface area (Å²) in [4.78, 5) is 11.9. The van der Waals surface area contributed by atoms with E-state index in [1.807, 2.05) is 18.2 Å². The van der Waals surface area contributed by atoms with E-state index in [2.05, 4.69) is 63.2 Å². The Labute approximate surface area is 169 Å². The predicted octanol–water partition coefficient (Wildman–Crippen LogP) is 4.74. The lowest BCUT2D eigenvalue weighted by molar-refractivity contribution is -0.123. The number of phenols is 1. The van der Waals surface area contributed by atoms with Crippen LogP contribution >= 0.6 is 31.9 Å². The molecule has 0 heterocycles. The summed E-state index contributed by atoms with van der Waals surface area (Å²) in [6, 6.07) is 10.7. The number of carbonyl (C=O) groups excluding carboxylic acids is 1. The molecule has 0 aliphatic heterocycles. The Hall–Kier alpha value is -1.86. The lowest BCUT2D eigenvalue weighted by Gasteiger charge is -2.20. The summed E-state index contributed by atoms with van der Waals surface area (Å²) in [6.45, 7) is 6.22. The first kappa shape index (κ1) is 20.5. The van der Waals surface area contributed by atoms with Gasteiger partial charge < -0.3 is 9.84 Å². The molecule has 0 saturated carbocycles. The highest BCUT2D eigenvalue weighted by Crippen LogP contribution is 2.31. The molecule has 0 atom stereocenters. The standard InChI is InChI=1S/C19H20Br2N2O3/c1-19(2,3)13-4-7-17(15(21)9-13)26-11-18(25)23-22-10-12-8-14(20)5-6-16(12)24/h4-10,24H,11H2,1-3H3,(H,23,25)/b22-10+. The lowest BCUT2D eigenvalue weighted by Crippen LogP contribution is -2.24. The van der Waals surface area contributed by atoms with Crippen molar-refractivity contribution in [1.82, 2.24) is 5.43 Å². The summed E-state index contributed by atoms with van der Waals surface area (Å²) in [7, 11) is 0. The van der Waals surface area contributed by atoms with Gasteiger partial charge in [-0.15, -0.1) is 0 Å². The number of benzene rings is 2. The van der Waals surface area contributed by atoms with E-state index in [1.54, 1.807) is 12.1 Å². The van der Waals surface area contributed by atoms with Gasteiger partial charge in [0.2, 0.25) is 0 Å². The van der Waals surface area contributed by atoms with Crippen LogP contribution in [0.2, 0.25) is 0 Å². The summed E-state index contributed by atoms with van der Waals surface area (Å²) in [5.74, 6) is 0.259. The Morgan fingerprint density at radius 3 is 2.62 bits per heavy atom. The second kappa shape index (κ2) is 8.68. The molecule has 0 aliphatic carbocycles. The first-order valence-corrected chi connectivity index (χ1v) is 9.48. The van der Waals surface area contributed by atoms with E-state index in [-0.39, 0.29) is 17.8 Å². The van der Waals surface area contributed by atoms with Crippen LogP contribution in [0.3, 0.4) is 0 Å². The van der Waals surface area contributed by atoms with Gasteiger partial charge in [-0.05, 0) is 57.2 Å². The highest BCUT2D eigenvalue weighted by Gasteiger charge is 2.15. The van der Waals surface area contributed by atoms with Gasteiger partial charge in [0.15, 0.2) is 6.61 Å². The average Bonchev–Trinajstić information content (AvgIpc) is 2.56. The van der Waals surface area contributed by atoms with Crippen LogP contribution in [0.15, 0.2) is 50.4 Å². The number of rotatable bonds is 5. The van der Waals surface area contributed by atoms with Gasteiger partial charge in [0.25, 0.3) is 5.91 Å². The maximum Gasteiger partial charge on any atom is 0.277 e. The molecule has 0 saturated heterocycles. The van der Waals surface area contributed by atoms with E-state index >= 15 is 0 Å². The van der Waals surface area contributed by atoms with Crippen LogP contribution in [0.5, 0.6) is 11.5 Å². The van der Waals surface area contributed by atoms with Crippen molar-refractivity contribution in [2.24, 2.45) is 5.10 Å². The number of halogens is 2. The molecule has 1 amide bonds. The second-order valence-corrected chi connectivity index (χ2v) is 8.45. The van der Waals surface area contributed by atoms with Crippen molar-refractivity contribution in [1.29, 1.82) is 0 Å². The van der Waals surface area contributed by atoms with Gasteiger partial charge in [0.1, 0.15) is 11.5 Å². The van der Waals surface area contributed by atoms with Crippen molar-refractivity contribution < 1.29 is 14.6 Å². The number of hydrogen-bond acceptors (Lipinski definition) is 4. The van der Waals surface area contributed by atoms with E-state index in [9.17, 15) is 9.90 Å². The molecule has 7 heteroatoms. The smallest absolute Gasteiger partial charge is 0.277 e. The quantitative estimate of drug-likeness (QED) is 0.476. The van der Waals surface area contributed by atoms with E-state index in [1.165, 1.54) is 17.8 Å². The number of ether oxygens (including phenoxy) is 1. The Morgan fingerprint density at radius 1 is 1.23 bits per heavy atom. The molecule has 2 rings (SSSR count). The molecule has 0 radical (unpaired) electrons. The van der Waals surface area contributed by atoms with Crippen LogP contribution in [0, 0.1) is 0 Å². The van der Waals surface area contributed by atoms with Gasteiger partial charge >= 0.3 is 0 Å². The zero-order valence-corrected chi connectivity index (χ0v) is 17.9. The largest absolute Gasteiger partial charge is 0.507 e. The fourth-order valence-corrected chi connectivity index (χ4v) is 2.93. The monoisotopic (exact) mass is 482 g/mol. The highest BCUT2D eigenvalue weighted by atomic mass is 79.9. The number of hydrazone groups is 1. The fourth-order valence-electron chi connectivity index (χ4n) is 2.06. The minimum atomic E-state index is -0.400. The number of nitrogens with zero attached hydrogens (tertiary/aromatic N) is 1. The third-order valence-electron chi connectivity index (χ3n) is 3.54. The van der Waals surface area contributed by atoms with Crippen LogP contribution < -0.4 is 10.2 Å². The fraction of sp³-hybridized carbons (Fsp3) is 0.263. The number of carbonyl (C=O) groups is 1. The molecule has 0 aliphatic rings. The predicted molar refractivity (Wildman–Crippen MR) is 110 cm³/mol. The minimum Gasteiger partial charge on any atom is -0.507 e. The zero-order valence-electron chi connectivity index (χ0n) is 14.7. The van der Waals surface area contributed by atoms with Gasteiger partial charge in [-0.2, -0.15) is 5.10 Å². The minimum absolute atomic E-state index is 0.0329. The van der Waals surface area contributed by atoms with Crippen LogP contribution in [-0.4, -0.2) is 23.8 Å². The van der Waals surface area contributed by atoms with Gasteiger partial charge in [-0.25, -0.2) is 5.43 Å². The van der Waals surface area contributed by atoms with E-state index in [4.69, 9.17) is 4.74 Å². The van der Waals surface area contributed by atoms with Crippen LogP contribution in [-0.2, 0) is 10.2 Å². The summed E-state index contributed by atoms with van der Waals surface area (Å²) in [5, 5.41) is 13.5. The molecule has 26 heavy (non-hydrogen) atoms. The lowest BCUT2D eigenvalue weighted by atomic mass is 9.87. The van der Waals surface area contributed by atoms with Crippen molar-refractivity contribution in [3.63, 3.8) is 0 Å². The van der Waals surface area contributed by atoms with E-state index in [0.717, 1.165) is 8.95 Å².